The third-order valence-corrected chi connectivity index (χ3v) is 5.64. The summed E-state index contributed by atoms with van der Waals surface area (Å²) in [6, 6.07) is -4.51. The lowest BCUT2D eigenvalue weighted by molar-refractivity contribution is -0.144. The van der Waals surface area contributed by atoms with E-state index in [1.165, 1.54) is 12.5 Å². The van der Waals surface area contributed by atoms with Gasteiger partial charge in [-0.1, -0.05) is 34.1 Å². The predicted molar refractivity (Wildman–Crippen MR) is 125 cm³/mol. The van der Waals surface area contributed by atoms with Gasteiger partial charge >= 0.3 is 11.9 Å². The lowest BCUT2D eigenvalue weighted by Gasteiger charge is -2.27. The van der Waals surface area contributed by atoms with Crippen LogP contribution in [0.15, 0.2) is 12.5 Å². The van der Waals surface area contributed by atoms with Gasteiger partial charge in [-0.05, 0) is 18.3 Å². The lowest BCUT2D eigenvalue weighted by Crippen LogP contribution is -2.59. The molecule has 0 saturated heterocycles. The van der Waals surface area contributed by atoms with Crippen LogP contribution in [0.25, 0.3) is 0 Å². The molecule has 13 heteroatoms. The number of imidazole rings is 1. The zero-order valence-electron chi connectivity index (χ0n) is 20.4. The van der Waals surface area contributed by atoms with Crippen molar-refractivity contribution in [3.8, 4) is 0 Å². The standard InChI is InChI=1S/C22H36N6O7/c1-5-12(4)18(22(34)35)28-20(32)15(8-13-9-24-10-25-13)26-21(33)17(11(2)3)27-19(31)14(23)6-7-16(29)30/h9-12,14-15,17-18H,5-8,23H2,1-4H3,(H,24,25)(H,26,33)(H,27,31)(H,28,32)(H,29,30)(H,34,35). The summed E-state index contributed by atoms with van der Waals surface area (Å²) in [6.07, 6.45) is 2.98. The average molecular weight is 497 g/mol. The highest BCUT2D eigenvalue weighted by Gasteiger charge is 2.33. The molecule has 3 amide bonds. The highest BCUT2D eigenvalue weighted by atomic mass is 16.4. The molecule has 0 bridgehead atoms. The van der Waals surface area contributed by atoms with Crippen LogP contribution >= 0.6 is 0 Å². The van der Waals surface area contributed by atoms with Gasteiger partial charge in [-0.2, -0.15) is 0 Å². The molecule has 1 aromatic rings. The fourth-order valence-corrected chi connectivity index (χ4v) is 3.23. The number of hydrogen-bond acceptors (Lipinski definition) is 7. The molecule has 0 fully saturated rings. The Hall–Kier alpha value is -3.48. The summed E-state index contributed by atoms with van der Waals surface area (Å²) in [6.45, 7) is 6.86. The number of carboxylic acid groups (broad SMARTS) is 2. The first-order valence-electron chi connectivity index (χ1n) is 11.5. The van der Waals surface area contributed by atoms with Crippen LogP contribution in [-0.2, 0) is 30.4 Å². The Kier molecular flexibility index (Phi) is 11.9. The first-order valence-corrected chi connectivity index (χ1v) is 11.5. The third-order valence-electron chi connectivity index (χ3n) is 5.64. The molecular formula is C22H36N6O7. The second-order valence-electron chi connectivity index (χ2n) is 8.82. The van der Waals surface area contributed by atoms with Gasteiger partial charge in [0, 0.05) is 24.7 Å². The van der Waals surface area contributed by atoms with Gasteiger partial charge in [0.1, 0.15) is 18.1 Å². The lowest BCUT2D eigenvalue weighted by atomic mass is 9.98. The second-order valence-corrected chi connectivity index (χ2v) is 8.82. The summed E-state index contributed by atoms with van der Waals surface area (Å²) in [5, 5.41) is 25.9. The second kappa shape index (κ2) is 14.0. The van der Waals surface area contributed by atoms with Gasteiger partial charge in [0.2, 0.25) is 17.7 Å². The average Bonchev–Trinajstić information content (AvgIpc) is 3.30. The molecule has 5 unspecified atom stereocenters. The molecular weight excluding hydrogens is 460 g/mol. The van der Waals surface area contributed by atoms with Crippen molar-refractivity contribution in [3.63, 3.8) is 0 Å². The van der Waals surface area contributed by atoms with E-state index in [0.717, 1.165) is 0 Å². The van der Waals surface area contributed by atoms with Crippen LogP contribution in [0.3, 0.4) is 0 Å². The van der Waals surface area contributed by atoms with Gasteiger partial charge in [0.15, 0.2) is 0 Å². The van der Waals surface area contributed by atoms with E-state index in [9.17, 15) is 29.1 Å². The Labute approximate surface area is 203 Å². The minimum atomic E-state index is -1.19. The molecule has 0 aromatic carbocycles. The summed E-state index contributed by atoms with van der Waals surface area (Å²) in [5.41, 5.74) is 6.27. The van der Waals surface area contributed by atoms with Crippen LogP contribution in [0.1, 0.15) is 52.7 Å². The van der Waals surface area contributed by atoms with Gasteiger partial charge in [-0.25, -0.2) is 9.78 Å². The zero-order chi connectivity index (χ0) is 26.7. The number of carboxylic acids is 2. The van der Waals surface area contributed by atoms with E-state index in [4.69, 9.17) is 10.8 Å². The van der Waals surface area contributed by atoms with Gasteiger partial charge in [0.25, 0.3) is 0 Å². The number of hydrogen-bond donors (Lipinski definition) is 7. The molecule has 1 rings (SSSR count). The molecule has 1 heterocycles. The Morgan fingerprint density at radius 1 is 1.00 bits per heavy atom. The molecule has 196 valence electrons. The van der Waals surface area contributed by atoms with Gasteiger partial charge in [-0.15, -0.1) is 0 Å². The van der Waals surface area contributed by atoms with Crippen LogP contribution in [0, 0.1) is 11.8 Å². The molecule has 8 N–H and O–H groups in total. The summed E-state index contributed by atoms with van der Waals surface area (Å²) < 4.78 is 0. The van der Waals surface area contributed by atoms with E-state index in [-0.39, 0.29) is 25.2 Å². The molecule has 0 saturated carbocycles. The molecule has 0 spiro atoms. The van der Waals surface area contributed by atoms with Crippen molar-refractivity contribution in [1.29, 1.82) is 0 Å². The fraction of sp³-hybridized carbons (Fsp3) is 0.636. The quantitative estimate of drug-likeness (QED) is 0.164. The van der Waals surface area contributed by atoms with E-state index >= 15 is 0 Å². The minimum Gasteiger partial charge on any atom is -0.481 e. The van der Waals surface area contributed by atoms with Crippen LogP contribution in [-0.4, -0.2) is 74.0 Å². The van der Waals surface area contributed by atoms with E-state index in [0.29, 0.717) is 12.1 Å². The summed E-state index contributed by atoms with van der Waals surface area (Å²) in [5.74, 6) is -5.11. The summed E-state index contributed by atoms with van der Waals surface area (Å²) in [7, 11) is 0. The van der Waals surface area contributed by atoms with Crippen molar-refractivity contribution in [1.82, 2.24) is 25.9 Å². The smallest absolute Gasteiger partial charge is 0.326 e. The number of nitrogens with one attached hydrogen (secondary N) is 4. The SMILES string of the molecule is CCC(C)C(NC(=O)C(Cc1cnc[nH]1)NC(=O)C(NC(=O)C(N)CCC(=O)O)C(C)C)C(=O)O. The maximum Gasteiger partial charge on any atom is 0.326 e. The van der Waals surface area contributed by atoms with E-state index in [1.807, 2.05) is 0 Å². The van der Waals surface area contributed by atoms with Crippen molar-refractivity contribution < 1.29 is 34.2 Å². The number of carbonyl (C=O) groups is 5. The Morgan fingerprint density at radius 2 is 1.63 bits per heavy atom. The molecule has 0 radical (unpaired) electrons. The number of carbonyl (C=O) groups excluding carboxylic acids is 3. The largest absolute Gasteiger partial charge is 0.481 e. The van der Waals surface area contributed by atoms with Crippen molar-refractivity contribution in [2.45, 2.75) is 77.5 Å². The molecule has 0 aliphatic carbocycles. The first-order chi connectivity index (χ1) is 16.4. The van der Waals surface area contributed by atoms with Crippen LogP contribution in [0.4, 0.5) is 0 Å². The maximum absolute atomic E-state index is 13.1. The molecule has 5 atom stereocenters. The van der Waals surface area contributed by atoms with Crippen LogP contribution < -0.4 is 21.7 Å². The van der Waals surface area contributed by atoms with Crippen LogP contribution in [0.2, 0.25) is 0 Å². The van der Waals surface area contributed by atoms with Gasteiger partial charge in [-0.3, -0.25) is 19.2 Å². The maximum atomic E-state index is 13.1. The number of nitrogens with zero attached hydrogens (tertiary/aromatic N) is 1. The topological polar surface area (TPSA) is 217 Å². The van der Waals surface area contributed by atoms with Crippen molar-refractivity contribution in [2.75, 3.05) is 0 Å². The molecule has 13 nitrogen and oxygen atoms in total. The normalized spacial score (nSPS) is 15.4. The van der Waals surface area contributed by atoms with Crippen molar-refractivity contribution >= 4 is 29.7 Å². The number of aromatic amines is 1. The molecule has 1 aromatic heterocycles. The number of rotatable bonds is 15. The number of aliphatic carboxylic acids is 2. The van der Waals surface area contributed by atoms with E-state index < -0.39 is 59.7 Å². The van der Waals surface area contributed by atoms with Gasteiger partial charge in [0.05, 0.1) is 12.4 Å². The Bertz CT molecular complexity index is 874. The first kappa shape index (κ1) is 29.6. The highest BCUT2D eigenvalue weighted by molar-refractivity contribution is 5.94. The van der Waals surface area contributed by atoms with Crippen LogP contribution in [0.5, 0.6) is 0 Å². The molecule has 0 aliphatic heterocycles. The number of nitrogens with two attached hydrogens (primary N) is 1. The monoisotopic (exact) mass is 496 g/mol. The number of H-pyrrole nitrogens is 1. The minimum absolute atomic E-state index is 0.00130. The highest BCUT2D eigenvalue weighted by Crippen LogP contribution is 2.10. The van der Waals surface area contributed by atoms with Gasteiger partial charge < -0.3 is 36.9 Å². The summed E-state index contributed by atoms with van der Waals surface area (Å²) >= 11 is 0. The van der Waals surface area contributed by atoms with Crippen molar-refractivity contribution in [3.05, 3.63) is 18.2 Å². The molecule has 35 heavy (non-hydrogen) atoms. The van der Waals surface area contributed by atoms with Crippen molar-refractivity contribution in [2.24, 2.45) is 17.6 Å². The molecule has 0 aliphatic rings. The van der Waals surface area contributed by atoms with E-state index in [1.54, 1.807) is 27.7 Å². The summed E-state index contributed by atoms with van der Waals surface area (Å²) in [4.78, 5) is 67.6. The fourth-order valence-electron chi connectivity index (χ4n) is 3.23. The Morgan fingerprint density at radius 3 is 2.11 bits per heavy atom. The Balaban J connectivity index is 3.03. The zero-order valence-corrected chi connectivity index (χ0v) is 20.4. The third kappa shape index (κ3) is 9.73. The predicted octanol–water partition coefficient (Wildman–Crippen LogP) is -0.615. The number of amides is 3. The van der Waals surface area contributed by atoms with E-state index in [2.05, 4.69) is 25.9 Å². The number of aromatic nitrogens is 2.